The van der Waals surface area contributed by atoms with Crippen molar-refractivity contribution in [1.29, 1.82) is 0 Å². The van der Waals surface area contributed by atoms with Crippen LogP contribution in [0, 0.1) is 56.0 Å². The van der Waals surface area contributed by atoms with Crippen LogP contribution in [0.5, 0.6) is 0 Å². The number of carbonyl (C=O) groups is 11. The Balaban J connectivity index is 0.000000278. The average Bonchev–Trinajstić information content (AvgIpc) is 1.68. The quantitative estimate of drug-likeness (QED) is 0.00691. The Morgan fingerprint density at radius 2 is 0.891 bits per heavy atom. The van der Waals surface area contributed by atoms with Crippen molar-refractivity contribution in [3.8, 4) is 17.1 Å². The number of halogens is 6. The Hall–Kier alpha value is -7.37. The number of aryl methyl sites for hydroxylation is 4. The van der Waals surface area contributed by atoms with Crippen molar-refractivity contribution < 1.29 is 226 Å². The van der Waals surface area contributed by atoms with Gasteiger partial charge >= 0.3 is 144 Å². The molecule has 3 aromatic heterocycles. The summed E-state index contributed by atoms with van der Waals surface area (Å²) in [4.78, 5) is 137. The molecular weight excluding hydrogens is 1980 g/mol. The van der Waals surface area contributed by atoms with E-state index in [-0.39, 0.29) is 284 Å². The summed E-state index contributed by atoms with van der Waals surface area (Å²) in [5, 5.41) is 26.8. The molecule has 3 saturated carbocycles. The van der Waals surface area contributed by atoms with Crippen LogP contribution in [-0.4, -0.2) is 117 Å². The van der Waals surface area contributed by atoms with E-state index >= 15 is 4.39 Å². The maximum atomic E-state index is 15.1. The van der Waals surface area contributed by atoms with Crippen LogP contribution in [0.15, 0.2) is 146 Å². The van der Waals surface area contributed by atoms with E-state index in [1.54, 1.807) is 98.6 Å². The summed E-state index contributed by atoms with van der Waals surface area (Å²) >= 11 is 3.75. The first-order chi connectivity index (χ1) is 60.3. The molecule has 9 aromatic rings. The number of carbonyl (C=O) groups excluding carboxylic acids is 11. The Kier molecular flexibility index (Phi) is 42.7. The summed E-state index contributed by atoms with van der Waals surface area (Å²) in [5.74, 6) is -1.12. The largest absolute Gasteiger partial charge is 1.00 e. The molecule has 6 aliphatic rings. The average molecular weight is 2090 g/mol. The molecule has 0 bridgehead atoms. The Labute approximate surface area is 878 Å². The van der Waals surface area contributed by atoms with Gasteiger partial charge in [-0.25, -0.2) is 32.0 Å². The third-order valence-corrected chi connectivity index (χ3v) is 23.0. The summed E-state index contributed by atoms with van der Waals surface area (Å²) in [6.07, 6.45) is 14.1. The number of ketones is 3. The van der Waals surface area contributed by atoms with Crippen LogP contribution in [0.1, 0.15) is 262 Å². The number of aromatic nitrogens is 6. The van der Waals surface area contributed by atoms with Gasteiger partial charge in [-0.3, -0.25) is 67.5 Å². The molecule has 3 unspecified atom stereocenters. The minimum atomic E-state index is -1.00. The standard InChI is InChI=1S/C34H39FN4O5.C29H31FN4O3.C26H28BrFN2O.C4H5NO2.CH3F.CH2O3.ClH.2Cs.H/c1-21-16-29(39(37-21)26-7-5-6-23(17-26)20-36-33(43)44-34(2,3)4)30(40)19-25-18-24(11-12-27(25)35)28(13-10-22-8-9-22)38-31(41)14-15-32(38)42;1-18-13-26(34(32-18)23-4-2-3-20(14-23)17-31)27(35)16-22-15-21(8-9-24(22)30)25(10-7-19-5-6-19)33-28(36)11-12-29(33)37;1-3-18-5-4-6-22(14-18)30-25(13-17(2)29-30)26(31)16-21-15-20(10-12-24(21)28)23(27)11-9-19-7-8-19;6-3-1-2-4(7)5-3;1-2;2-1-4-3;;;;/h5-7,11-12,16-18,22,28H,8-10,13-15,19-20H2,1-4H3,(H,36,43);2-4,8-9,13-15,19,25H,5-7,10-12,16-17,31H2,1H3;4-6,10,12-15,19,23H,3,7-9,11,16H2,1-2H3;1-2H2,(H,5,6,7);1H3;1,3H;1H;;;/q;;;;;;;2*+1;-1/p-1/i;;;;1D;;;;;. The number of alkyl halides is 2. The zero-order valence-electron chi connectivity index (χ0n) is 75.7. The first kappa shape index (κ1) is 106. The van der Waals surface area contributed by atoms with Crippen LogP contribution >= 0.6 is 28.3 Å². The van der Waals surface area contributed by atoms with Crippen molar-refractivity contribution in [2.75, 3.05) is 7.15 Å². The minimum Gasteiger partial charge on any atom is -1.00 e. The molecular formula is C95H109BrClCs2F4N11O14. The molecule has 6 aromatic carbocycles. The monoisotopic (exact) mass is 2080 g/mol. The molecule has 3 saturated heterocycles. The number of nitrogens with zero attached hydrogens (tertiary/aromatic N) is 8. The summed E-state index contributed by atoms with van der Waals surface area (Å²) in [6.45, 7) is 13.3. The van der Waals surface area contributed by atoms with E-state index in [0.29, 0.717) is 101 Å². The van der Waals surface area contributed by atoms with E-state index in [1.807, 2.05) is 73.7 Å². The Morgan fingerprint density at radius 1 is 0.555 bits per heavy atom. The van der Waals surface area contributed by atoms with Crippen molar-refractivity contribution in [2.24, 2.45) is 23.5 Å². The fraction of sp³-hybridized carbons (Fsp3) is 0.411. The summed E-state index contributed by atoms with van der Waals surface area (Å²) in [6, 6.07) is 41.3. The van der Waals surface area contributed by atoms with Crippen LogP contribution in [0.3, 0.4) is 0 Å². The molecule has 3 aliphatic heterocycles. The molecule has 0 spiro atoms. The van der Waals surface area contributed by atoms with Crippen molar-refractivity contribution in [3.05, 3.63) is 247 Å². The number of likely N-dealkylation sites (tertiary alicyclic amines) is 2. The number of hydrogen-bond acceptors (Lipinski definition) is 18. The number of hydrogen-bond donors (Lipinski definition) is 3. The molecule has 128 heavy (non-hydrogen) atoms. The van der Waals surface area contributed by atoms with Gasteiger partial charge in [0.05, 0.1) is 54.8 Å². The maximum Gasteiger partial charge on any atom is 1.00 e. The fourth-order valence-electron chi connectivity index (χ4n) is 15.1. The molecule has 25 nitrogen and oxygen atoms in total. The molecule has 15 rings (SSSR count). The van der Waals surface area contributed by atoms with E-state index in [0.717, 1.165) is 72.5 Å². The van der Waals surface area contributed by atoms with Gasteiger partial charge in [0.25, 0.3) is 6.47 Å². The maximum absolute atomic E-state index is 15.1. The van der Waals surface area contributed by atoms with Gasteiger partial charge in [-0.15, -0.1) is 12.4 Å². The molecule has 3 atom stereocenters. The van der Waals surface area contributed by atoms with E-state index in [2.05, 4.69) is 59.7 Å². The van der Waals surface area contributed by atoms with E-state index in [4.69, 9.17) is 21.9 Å². The SMILES string of the molecule is CCc1cccc(-n2nc(C)cc2C(=O)Cc2cc(C(Br)CCC3CC3)ccc2F)c1.Cc1cc(C(=O)Cc2cc(C(CCC3CC3)N3C(=O)CCC3=O)ccc2F)n(-c2cccc(CN)c2)n1.Cc1cc(C(=O)Cc2cc(C(CCC3CC3)N3C(=O)CCC3=O)ccc2F)n(-c2cccc(CNC(=O)OC(C)(C)C)c2)n1.Cl.O=C1CCC(=O)N1.O=CO[O-].[2H]CF.[Cs+].[Cs+].[H-]. The Bertz CT molecular complexity index is 5410. The van der Waals surface area contributed by atoms with Gasteiger partial charge in [0.15, 0.2) is 17.3 Å². The molecule has 0 radical (unpaired) electrons. The molecule has 3 aliphatic carbocycles. The second-order valence-electron chi connectivity index (χ2n) is 33.1. The first-order valence-corrected chi connectivity index (χ1v) is 43.0. The number of Topliss-reactive ketones (excluding diaryl/α,β-unsaturated/α-hetero) is 3. The number of ether oxygens (including phenoxy) is 1. The molecule has 7 amide bonds. The molecule has 4 N–H and O–H groups in total. The minimum absolute atomic E-state index is 0. The number of amides is 7. The normalized spacial score (nSPS) is 15.2. The van der Waals surface area contributed by atoms with Crippen molar-refractivity contribution in [2.45, 2.75) is 225 Å². The third kappa shape index (κ3) is 31.7. The van der Waals surface area contributed by atoms with Gasteiger partial charge in [0.1, 0.15) is 40.1 Å². The van der Waals surface area contributed by atoms with Crippen molar-refractivity contribution >= 4 is 93.7 Å². The fourth-order valence-corrected chi connectivity index (χ4v) is 15.7. The predicted octanol–water partition coefficient (Wildman–Crippen LogP) is 10.7. The summed E-state index contributed by atoms with van der Waals surface area (Å²) in [5.41, 5.74) is 16.6. The number of nitrogens with one attached hydrogen (secondary N) is 2. The predicted molar refractivity (Wildman–Crippen MR) is 469 cm³/mol. The van der Waals surface area contributed by atoms with Crippen molar-refractivity contribution in [1.82, 2.24) is 49.8 Å². The van der Waals surface area contributed by atoms with Gasteiger partial charge in [-0.1, -0.05) is 134 Å². The third-order valence-electron chi connectivity index (χ3n) is 22.0. The van der Waals surface area contributed by atoms with Crippen molar-refractivity contribution in [3.63, 3.8) is 0 Å². The number of benzene rings is 6. The number of imide groups is 3. The summed E-state index contributed by atoms with van der Waals surface area (Å²) in [7, 11) is -1.00. The van der Waals surface area contributed by atoms with Crippen LogP contribution in [-0.2, 0) is 82.0 Å². The van der Waals surface area contributed by atoms with Crippen LogP contribution < -0.4 is 159 Å². The molecule has 33 heteroatoms. The van der Waals surface area contributed by atoms with Crippen LogP contribution in [0.2, 0.25) is 0 Å². The van der Waals surface area contributed by atoms with Gasteiger partial charge in [-0.2, -0.15) is 15.3 Å². The molecule has 6 fully saturated rings. The van der Waals surface area contributed by atoms with Gasteiger partial charge in [0.2, 0.25) is 35.4 Å². The first-order valence-electron chi connectivity index (χ1n) is 42.8. The topological polar surface area (TPSA) is 339 Å². The molecule has 672 valence electrons. The van der Waals surface area contributed by atoms with Gasteiger partial charge in [0, 0.05) is 75.7 Å². The zero-order valence-corrected chi connectivity index (χ0v) is 88.7. The zero-order chi connectivity index (χ0) is 91.1. The number of alkyl carbamates (subject to hydrolysis) is 1. The van der Waals surface area contributed by atoms with E-state index in [1.165, 1.54) is 70.3 Å². The van der Waals surface area contributed by atoms with Crippen LogP contribution in [0.25, 0.3) is 17.1 Å². The number of rotatable bonds is 31. The second-order valence-corrected chi connectivity index (χ2v) is 34.2. The van der Waals surface area contributed by atoms with Gasteiger partial charge < -0.3 is 27.4 Å². The second kappa shape index (κ2) is 51.6. The number of nitrogens with two attached hydrogens (primary N) is 1. The summed E-state index contributed by atoms with van der Waals surface area (Å²) < 4.78 is 70.2. The smallest absolute Gasteiger partial charge is 1.00 e. The molecule has 6 heterocycles. The van der Waals surface area contributed by atoms with E-state index < -0.39 is 42.6 Å². The van der Waals surface area contributed by atoms with Crippen LogP contribution in [0.4, 0.5) is 22.4 Å². The Morgan fingerprint density at radius 3 is 1.23 bits per heavy atom. The van der Waals surface area contributed by atoms with Gasteiger partial charge in [-0.05, 0) is 227 Å². The van der Waals surface area contributed by atoms with E-state index in [9.17, 15) is 61.1 Å².